The number of amides is 2. The molecule has 0 radical (unpaired) electrons. The smallest absolute Gasteiger partial charge is 0.254 e. The molecule has 3 aliphatic rings. The lowest BCUT2D eigenvalue weighted by atomic mass is 10.1. The van der Waals surface area contributed by atoms with Gasteiger partial charge in [-0.1, -0.05) is 36.4 Å². The van der Waals surface area contributed by atoms with Crippen LogP contribution in [-0.4, -0.2) is 34.7 Å². The maximum Gasteiger partial charge on any atom is 0.254 e. The van der Waals surface area contributed by atoms with Gasteiger partial charge in [-0.15, -0.1) is 0 Å². The number of carbonyl (C=O) groups excluding carboxylic acids is 2. The minimum Gasteiger partial charge on any atom is -0.463 e. The van der Waals surface area contributed by atoms with Crippen LogP contribution in [0.1, 0.15) is 38.3 Å². The predicted molar refractivity (Wildman–Crippen MR) is 104 cm³/mol. The molecule has 140 valence electrons. The lowest BCUT2D eigenvalue weighted by molar-refractivity contribution is 0.0745. The highest BCUT2D eigenvalue weighted by atomic mass is 16.5. The molecule has 0 aliphatic carbocycles. The zero-order valence-electron chi connectivity index (χ0n) is 15.4. The highest BCUT2D eigenvalue weighted by molar-refractivity contribution is 5.99. The van der Waals surface area contributed by atoms with Gasteiger partial charge in [0.15, 0.2) is 0 Å². The van der Waals surface area contributed by atoms with Gasteiger partial charge in [-0.05, 0) is 41.8 Å². The fraction of sp³-hybridized carbons (Fsp3) is 0.217. The summed E-state index contributed by atoms with van der Waals surface area (Å²) in [5, 5.41) is 0. The number of carbonyl (C=O) groups is 2. The van der Waals surface area contributed by atoms with Crippen LogP contribution in [0.15, 0.2) is 72.2 Å². The molecule has 2 aromatic carbocycles. The molecule has 0 bridgehead atoms. The Morgan fingerprint density at radius 3 is 1.64 bits per heavy atom. The third kappa shape index (κ3) is 2.89. The van der Waals surface area contributed by atoms with Gasteiger partial charge in [0.1, 0.15) is 11.5 Å². The first kappa shape index (κ1) is 16.8. The quantitative estimate of drug-likeness (QED) is 0.826. The van der Waals surface area contributed by atoms with Crippen LogP contribution in [0.5, 0.6) is 0 Å². The van der Waals surface area contributed by atoms with Gasteiger partial charge in [-0.2, -0.15) is 0 Å². The Labute approximate surface area is 163 Å². The Bertz CT molecular complexity index is 956. The summed E-state index contributed by atoms with van der Waals surface area (Å²) in [5.41, 5.74) is 3.66. The standard InChI is InChI=1S/C23H20N2O3/c26-22-20-10-3-1-6-16(20)12-24(22)14-18-8-5-9-19(28-18)15-25-13-17-7-2-4-11-21(17)23(25)27/h1-4,6-11H,5,12-15H2. The molecule has 0 saturated carbocycles. The number of fused-ring (bicyclic) bond motifs is 2. The van der Waals surface area contributed by atoms with Crippen molar-refractivity contribution in [2.75, 3.05) is 13.1 Å². The minimum absolute atomic E-state index is 0.0429. The van der Waals surface area contributed by atoms with Crippen LogP contribution in [0.3, 0.4) is 0 Å². The zero-order valence-corrected chi connectivity index (χ0v) is 15.4. The lowest BCUT2D eigenvalue weighted by Gasteiger charge is -2.24. The van der Waals surface area contributed by atoms with E-state index in [2.05, 4.69) is 0 Å². The molecule has 0 spiro atoms. The summed E-state index contributed by atoms with van der Waals surface area (Å²) in [6.45, 7) is 2.10. The average molecular weight is 372 g/mol. The molecular weight excluding hydrogens is 352 g/mol. The molecule has 3 heterocycles. The van der Waals surface area contributed by atoms with E-state index in [9.17, 15) is 9.59 Å². The van der Waals surface area contributed by atoms with Crippen molar-refractivity contribution in [2.24, 2.45) is 0 Å². The number of hydrogen-bond donors (Lipinski definition) is 0. The van der Waals surface area contributed by atoms with Crippen molar-refractivity contribution in [1.29, 1.82) is 0 Å². The summed E-state index contributed by atoms with van der Waals surface area (Å²) in [4.78, 5) is 28.8. The van der Waals surface area contributed by atoms with Gasteiger partial charge in [0.25, 0.3) is 11.8 Å². The van der Waals surface area contributed by atoms with Crippen molar-refractivity contribution in [3.8, 4) is 0 Å². The Balaban J connectivity index is 1.22. The predicted octanol–water partition coefficient (Wildman–Crippen LogP) is 3.49. The van der Waals surface area contributed by atoms with Gasteiger partial charge in [-0.25, -0.2) is 0 Å². The van der Waals surface area contributed by atoms with Crippen molar-refractivity contribution in [1.82, 2.24) is 9.80 Å². The molecule has 0 aromatic heterocycles. The molecule has 0 unspecified atom stereocenters. The van der Waals surface area contributed by atoms with Crippen molar-refractivity contribution >= 4 is 11.8 Å². The van der Waals surface area contributed by atoms with Crippen LogP contribution in [-0.2, 0) is 17.8 Å². The van der Waals surface area contributed by atoms with Crippen molar-refractivity contribution < 1.29 is 14.3 Å². The number of allylic oxidation sites excluding steroid dienone is 2. The molecule has 3 aliphatic heterocycles. The first-order chi connectivity index (χ1) is 13.7. The monoisotopic (exact) mass is 372 g/mol. The van der Waals surface area contributed by atoms with E-state index in [1.54, 1.807) is 9.80 Å². The van der Waals surface area contributed by atoms with Crippen molar-refractivity contribution in [3.63, 3.8) is 0 Å². The summed E-state index contributed by atoms with van der Waals surface area (Å²) in [6, 6.07) is 15.4. The number of ether oxygens (including phenoxy) is 1. The van der Waals surface area contributed by atoms with E-state index in [0.717, 1.165) is 40.2 Å². The molecule has 2 amide bonds. The van der Waals surface area contributed by atoms with E-state index in [4.69, 9.17) is 4.74 Å². The molecule has 28 heavy (non-hydrogen) atoms. The largest absolute Gasteiger partial charge is 0.463 e. The molecule has 5 rings (SSSR count). The molecule has 0 atom stereocenters. The second-order valence-electron chi connectivity index (χ2n) is 7.32. The number of hydrogen-bond acceptors (Lipinski definition) is 3. The summed E-state index contributed by atoms with van der Waals surface area (Å²) in [7, 11) is 0. The number of nitrogens with zero attached hydrogens (tertiary/aromatic N) is 2. The number of benzene rings is 2. The van der Waals surface area contributed by atoms with Gasteiger partial charge in [-0.3, -0.25) is 9.59 Å². The third-order valence-corrected chi connectivity index (χ3v) is 5.44. The minimum atomic E-state index is 0.0429. The van der Waals surface area contributed by atoms with E-state index < -0.39 is 0 Å². The van der Waals surface area contributed by atoms with Crippen LogP contribution in [0.2, 0.25) is 0 Å². The Morgan fingerprint density at radius 2 is 1.18 bits per heavy atom. The van der Waals surface area contributed by atoms with E-state index in [1.165, 1.54) is 0 Å². The van der Waals surface area contributed by atoms with Crippen LogP contribution in [0.4, 0.5) is 0 Å². The van der Waals surface area contributed by atoms with Crippen LogP contribution >= 0.6 is 0 Å². The maximum absolute atomic E-state index is 12.6. The molecule has 0 fully saturated rings. The molecular formula is C23H20N2O3. The van der Waals surface area contributed by atoms with Gasteiger partial charge in [0.05, 0.1) is 13.1 Å². The lowest BCUT2D eigenvalue weighted by Crippen LogP contribution is -2.30. The van der Waals surface area contributed by atoms with E-state index in [0.29, 0.717) is 26.2 Å². The third-order valence-electron chi connectivity index (χ3n) is 5.44. The highest BCUT2D eigenvalue weighted by Gasteiger charge is 2.30. The van der Waals surface area contributed by atoms with Gasteiger partial charge in [0, 0.05) is 24.2 Å². The summed E-state index contributed by atoms with van der Waals surface area (Å²) in [5.74, 6) is 1.62. The Morgan fingerprint density at radius 1 is 0.714 bits per heavy atom. The second-order valence-corrected chi connectivity index (χ2v) is 7.32. The average Bonchev–Trinajstić information content (AvgIpc) is 3.20. The topological polar surface area (TPSA) is 49.9 Å². The SMILES string of the molecule is O=C1c2ccccc2CN1CC1=CCC=C(CN2Cc3ccccc3C2=O)O1. The summed E-state index contributed by atoms with van der Waals surface area (Å²) >= 11 is 0. The van der Waals surface area contributed by atoms with Crippen molar-refractivity contribution in [2.45, 2.75) is 19.5 Å². The fourth-order valence-corrected chi connectivity index (χ4v) is 4.03. The summed E-state index contributed by atoms with van der Waals surface area (Å²) < 4.78 is 6.04. The van der Waals surface area contributed by atoms with Crippen molar-refractivity contribution in [3.05, 3.63) is 94.5 Å². The Kier molecular flexibility index (Phi) is 4.01. The normalized spacial score (nSPS) is 17.9. The van der Waals surface area contributed by atoms with Crippen LogP contribution < -0.4 is 0 Å². The first-order valence-electron chi connectivity index (χ1n) is 9.49. The number of rotatable bonds is 4. The van der Waals surface area contributed by atoms with E-state index in [1.807, 2.05) is 60.7 Å². The van der Waals surface area contributed by atoms with Gasteiger partial charge < -0.3 is 14.5 Å². The van der Waals surface area contributed by atoms with Gasteiger partial charge in [0.2, 0.25) is 0 Å². The molecule has 2 aromatic rings. The zero-order chi connectivity index (χ0) is 19.1. The molecule has 5 heteroatoms. The van der Waals surface area contributed by atoms with Gasteiger partial charge >= 0.3 is 0 Å². The first-order valence-corrected chi connectivity index (χ1v) is 9.49. The highest BCUT2D eigenvalue weighted by Crippen LogP contribution is 2.27. The second kappa shape index (κ2) is 6.68. The fourth-order valence-electron chi connectivity index (χ4n) is 4.03. The maximum atomic E-state index is 12.6. The van der Waals surface area contributed by atoms with E-state index >= 15 is 0 Å². The molecule has 0 saturated heterocycles. The molecule has 0 N–H and O–H groups in total. The van der Waals surface area contributed by atoms with Crippen LogP contribution in [0.25, 0.3) is 0 Å². The Hall–Kier alpha value is -3.34. The van der Waals surface area contributed by atoms with Crippen LogP contribution in [0, 0.1) is 0 Å². The van der Waals surface area contributed by atoms with E-state index in [-0.39, 0.29) is 11.8 Å². The molecule has 5 nitrogen and oxygen atoms in total. The summed E-state index contributed by atoms with van der Waals surface area (Å²) in [6.07, 6.45) is 4.75.